The van der Waals surface area contributed by atoms with Crippen LogP contribution in [0.25, 0.3) is 10.8 Å². The van der Waals surface area contributed by atoms with Crippen molar-refractivity contribution in [1.82, 2.24) is 0 Å². The third-order valence-corrected chi connectivity index (χ3v) is 4.89. The minimum Gasteiger partial charge on any atom is -0.508 e. The van der Waals surface area contributed by atoms with E-state index in [1.165, 1.54) is 24.3 Å². The van der Waals surface area contributed by atoms with E-state index >= 15 is 0 Å². The summed E-state index contributed by atoms with van der Waals surface area (Å²) in [5.74, 6) is -0.760. The Balaban J connectivity index is 2.05. The van der Waals surface area contributed by atoms with Crippen LogP contribution >= 0.6 is 0 Å². The quantitative estimate of drug-likeness (QED) is 0.507. The van der Waals surface area contributed by atoms with Gasteiger partial charge in [-0.25, -0.2) is 0 Å². The molecule has 0 heterocycles. The Hall–Kier alpha value is -3.21. The van der Waals surface area contributed by atoms with Crippen molar-refractivity contribution in [2.24, 2.45) is 0 Å². The number of phenols is 4. The first-order valence-corrected chi connectivity index (χ1v) is 8.00. The van der Waals surface area contributed by atoms with E-state index in [0.717, 1.165) is 0 Å². The summed E-state index contributed by atoms with van der Waals surface area (Å²) < 4.78 is 0. The van der Waals surface area contributed by atoms with Crippen LogP contribution in [0.15, 0.2) is 42.5 Å². The Bertz CT molecular complexity index is 1020. The zero-order valence-electron chi connectivity index (χ0n) is 13.2. The smallest absolute Gasteiger partial charge is 0.167 e. The molecule has 0 radical (unpaired) electrons. The zero-order chi connectivity index (χ0) is 17.7. The largest absolute Gasteiger partial charge is 0.508 e. The molecule has 5 nitrogen and oxygen atoms in total. The number of benzene rings is 3. The van der Waals surface area contributed by atoms with Gasteiger partial charge < -0.3 is 20.4 Å². The second kappa shape index (κ2) is 5.41. The predicted molar refractivity (Wildman–Crippen MR) is 92.5 cm³/mol. The van der Waals surface area contributed by atoms with Crippen molar-refractivity contribution < 1.29 is 25.2 Å². The average Bonchev–Trinajstić information content (AvgIpc) is 2.60. The molecule has 0 unspecified atom stereocenters. The van der Waals surface area contributed by atoms with Gasteiger partial charge in [-0.2, -0.15) is 0 Å². The fraction of sp³-hybridized carbons (Fsp3) is 0.150. The Morgan fingerprint density at radius 3 is 2.32 bits per heavy atom. The third-order valence-electron chi connectivity index (χ3n) is 4.89. The number of aromatic hydroxyl groups is 4. The summed E-state index contributed by atoms with van der Waals surface area (Å²) in [6.45, 7) is 0. The van der Waals surface area contributed by atoms with E-state index in [-0.39, 0.29) is 46.7 Å². The molecule has 0 amide bonds. The molecule has 1 aliphatic rings. The molecule has 0 spiro atoms. The monoisotopic (exact) mass is 336 g/mol. The van der Waals surface area contributed by atoms with Crippen LogP contribution < -0.4 is 0 Å². The van der Waals surface area contributed by atoms with E-state index < -0.39 is 0 Å². The minimum absolute atomic E-state index is 0.0153. The van der Waals surface area contributed by atoms with Crippen molar-refractivity contribution in [3.05, 3.63) is 59.2 Å². The van der Waals surface area contributed by atoms with Crippen LogP contribution in [0.5, 0.6) is 23.0 Å². The van der Waals surface area contributed by atoms with E-state index in [1.54, 1.807) is 18.2 Å². The Morgan fingerprint density at radius 2 is 1.52 bits per heavy atom. The van der Waals surface area contributed by atoms with Crippen LogP contribution in [0.1, 0.15) is 40.2 Å². The molecule has 3 aromatic carbocycles. The van der Waals surface area contributed by atoms with Gasteiger partial charge in [-0.3, -0.25) is 4.79 Å². The molecule has 25 heavy (non-hydrogen) atoms. The Kier molecular flexibility index (Phi) is 3.32. The normalized spacial score (nSPS) is 16.8. The maximum Gasteiger partial charge on any atom is 0.167 e. The summed E-state index contributed by atoms with van der Waals surface area (Å²) in [7, 11) is 0. The number of Topliss-reactive ketones (excluding diaryl/α,β-unsaturated/α-hetero) is 1. The van der Waals surface area contributed by atoms with Crippen molar-refractivity contribution in [3.8, 4) is 23.0 Å². The predicted octanol–water partition coefficient (Wildman–Crippen LogP) is 3.77. The molecular weight excluding hydrogens is 320 g/mol. The topological polar surface area (TPSA) is 98.0 Å². The van der Waals surface area contributed by atoms with Crippen molar-refractivity contribution >= 4 is 16.6 Å². The minimum atomic E-state index is -0.379. The van der Waals surface area contributed by atoms with Crippen LogP contribution in [0.4, 0.5) is 0 Å². The van der Waals surface area contributed by atoms with Crippen molar-refractivity contribution in [2.45, 2.75) is 18.8 Å². The van der Waals surface area contributed by atoms with Gasteiger partial charge in [0.25, 0.3) is 0 Å². The summed E-state index contributed by atoms with van der Waals surface area (Å²) in [4.78, 5) is 12.3. The summed E-state index contributed by atoms with van der Waals surface area (Å²) >= 11 is 0. The molecule has 3 aromatic rings. The molecule has 4 rings (SSSR count). The van der Waals surface area contributed by atoms with Crippen LogP contribution in [0.3, 0.4) is 0 Å². The van der Waals surface area contributed by atoms with Gasteiger partial charge in [0, 0.05) is 28.7 Å². The molecule has 0 saturated carbocycles. The summed E-state index contributed by atoms with van der Waals surface area (Å²) in [5.41, 5.74) is 1.19. The van der Waals surface area contributed by atoms with Crippen LogP contribution in [0, 0.1) is 0 Å². The molecule has 126 valence electrons. The fourth-order valence-corrected chi connectivity index (χ4v) is 3.79. The molecule has 0 bridgehead atoms. The Labute approximate surface area is 143 Å². The molecule has 4 N–H and O–H groups in total. The maximum atomic E-state index is 12.3. The highest BCUT2D eigenvalue weighted by atomic mass is 16.3. The lowest BCUT2D eigenvalue weighted by Gasteiger charge is -2.27. The van der Waals surface area contributed by atoms with E-state index in [0.29, 0.717) is 28.3 Å². The second-order valence-electron chi connectivity index (χ2n) is 6.28. The van der Waals surface area contributed by atoms with Gasteiger partial charge in [0.05, 0.1) is 5.56 Å². The van der Waals surface area contributed by atoms with Gasteiger partial charge in [0.2, 0.25) is 0 Å². The first-order valence-electron chi connectivity index (χ1n) is 8.00. The summed E-state index contributed by atoms with van der Waals surface area (Å²) in [6.07, 6.45) is 0.668. The summed E-state index contributed by atoms with van der Waals surface area (Å²) in [5, 5.41) is 41.9. The maximum absolute atomic E-state index is 12.3. The second-order valence-corrected chi connectivity index (χ2v) is 6.28. The SMILES string of the molecule is O=C1CC[C@H](c2ccc(O)c3cccc(O)c23)c2c(O)ccc(O)c21. The molecule has 0 aliphatic heterocycles. The van der Waals surface area contributed by atoms with E-state index in [2.05, 4.69) is 0 Å². The van der Waals surface area contributed by atoms with Crippen molar-refractivity contribution in [2.75, 3.05) is 0 Å². The van der Waals surface area contributed by atoms with E-state index in [4.69, 9.17) is 0 Å². The first kappa shape index (κ1) is 15.3. The molecule has 0 saturated heterocycles. The van der Waals surface area contributed by atoms with Gasteiger partial charge in [0.15, 0.2) is 5.78 Å². The Morgan fingerprint density at radius 1 is 0.800 bits per heavy atom. The zero-order valence-corrected chi connectivity index (χ0v) is 13.2. The first-order chi connectivity index (χ1) is 12.0. The number of hydrogen-bond acceptors (Lipinski definition) is 5. The van der Waals surface area contributed by atoms with Gasteiger partial charge in [-0.1, -0.05) is 18.2 Å². The number of fused-ring (bicyclic) bond motifs is 2. The lowest BCUT2D eigenvalue weighted by atomic mass is 9.76. The van der Waals surface area contributed by atoms with Crippen LogP contribution in [-0.4, -0.2) is 26.2 Å². The number of carbonyl (C=O) groups excluding carboxylic acids is 1. The highest BCUT2D eigenvalue weighted by molar-refractivity contribution is 6.03. The van der Waals surface area contributed by atoms with Crippen LogP contribution in [-0.2, 0) is 0 Å². The number of rotatable bonds is 1. The van der Waals surface area contributed by atoms with E-state index in [9.17, 15) is 25.2 Å². The molecular formula is C20H16O5. The molecule has 1 atom stereocenters. The highest BCUT2D eigenvalue weighted by Crippen LogP contribution is 2.48. The molecule has 5 heteroatoms. The molecule has 0 aromatic heterocycles. The van der Waals surface area contributed by atoms with Crippen molar-refractivity contribution in [1.29, 1.82) is 0 Å². The van der Waals surface area contributed by atoms with Gasteiger partial charge in [-0.15, -0.1) is 0 Å². The highest BCUT2D eigenvalue weighted by Gasteiger charge is 2.33. The number of phenolic OH excluding ortho intramolecular Hbond substituents is 4. The standard InChI is InChI=1S/C20H16O5/c21-13-6-4-10(18-12(13)2-1-3-14(18)22)11-5-7-16(24)20-17(25)9-8-15(23)19(11)20/h1-4,6,8-9,11,21-23,25H,5,7H2/t11-/m1/s1. The molecule has 0 fully saturated rings. The lowest BCUT2D eigenvalue weighted by molar-refractivity contribution is 0.0965. The van der Waals surface area contributed by atoms with Crippen LogP contribution in [0.2, 0.25) is 0 Å². The van der Waals surface area contributed by atoms with E-state index in [1.807, 2.05) is 0 Å². The number of hydrogen-bond donors (Lipinski definition) is 4. The molecule has 1 aliphatic carbocycles. The van der Waals surface area contributed by atoms with Gasteiger partial charge in [0.1, 0.15) is 23.0 Å². The number of ketones is 1. The average molecular weight is 336 g/mol. The van der Waals surface area contributed by atoms with Gasteiger partial charge >= 0.3 is 0 Å². The van der Waals surface area contributed by atoms with Crippen molar-refractivity contribution in [3.63, 3.8) is 0 Å². The fourth-order valence-electron chi connectivity index (χ4n) is 3.79. The lowest BCUT2D eigenvalue weighted by Crippen LogP contribution is -2.17. The van der Waals surface area contributed by atoms with Gasteiger partial charge in [-0.05, 0) is 36.2 Å². The summed E-state index contributed by atoms with van der Waals surface area (Å²) in [6, 6.07) is 10.8. The number of carbonyl (C=O) groups is 1. The third kappa shape index (κ3) is 2.20.